The van der Waals surface area contributed by atoms with Crippen molar-refractivity contribution in [1.29, 1.82) is 0 Å². The molecule has 5 nitrogen and oxygen atoms in total. The fourth-order valence-corrected chi connectivity index (χ4v) is 1.72. The summed E-state index contributed by atoms with van der Waals surface area (Å²) in [6.45, 7) is 4.60. The standard InChI is InChI=1S/C11H19N3O2S/c1-7(2)5-13-8(15)6-14-10(16)11(3-4-11)9(12)17/h7H,3-6H2,1-2H3,(H2,12,17)(H,13,15)(H,14,16). The molecule has 0 spiro atoms. The smallest absolute Gasteiger partial charge is 0.239 e. The number of nitrogens with two attached hydrogens (primary N) is 1. The molecular formula is C11H19N3O2S. The number of carbonyl (C=O) groups excluding carboxylic acids is 2. The van der Waals surface area contributed by atoms with Crippen molar-refractivity contribution < 1.29 is 9.59 Å². The lowest BCUT2D eigenvalue weighted by molar-refractivity contribution is -0.127. The van der Waals surface area contributed by atoms with Gasteiger partial charge in [0.1, 0.15) is 0 Å². The molecule has 6 heteroatoms. The molecule has 0 aromatic heterocycles. The number of nitrogens with one attached hydrogen (secondary N) is 2. The second kappa shape index (κ2) is 5.44. The zero-order chi connectivity index (χ0) is 13.1. The van der Waals surface area contributed by atoms with Gasteiger partial charge in [0.2, 0.25) is 11.8 Å². The van der Waals surface area contributed by atoms with Gasteiger partial charge in [0, 0.05) is 6.54 Å². The Morgan fingerprint density at radius 2 is 1.94 bits per heavy atom. The van der Waals surface area contributed by atoms with Gasteiger partial charge in [-0.2, -0.15) is 0 Å². The third kappa shape index (κ3) is 3.66. The van der Waals surface area contributed by atoms with Crippen molar-refractivity contribution in [2.24, 2.45) is 17.1 Å². The minimum Gasteiger partial charge on any atom is -0.392 e. The van der Waals surface area contributed by atoms with E-state index in [0.717, 1.165) is 0 Å². The van der Waals surface area contributed by atoms with E-state index in [0.29, 0.717) is 25.3 Å². The van der Waals surface area contributed by atoms with E-state index < -0.39 is 5.41 Å². The van der Waals surface area contributed by atoms with Crippen LogP contribution in [0.3, 0.4) is 0 Å². The molecule has 1 aliphatic carbocycles. The van der Waals surface area contributed by atoms with Gasteiger partial charge in [-0.3, -0.25) is 9.59 Å². The van der Waals surface area contributed by atoms with E-state index in [1.54, 1.807) is 0 Å². The summed E-state index contributed by atoms with van der Waals surface area (Å²) < 4.78 is 0. The predicted octanol–water partition coefficient (Wildman–Crippen LogP) is -0.0589. The first-order valence-electron chi connectivity index (χ1n) is 5.73. The summed E-state index contributed by atoms with van der Waals surface area (Å²) in [4.78, 5) is 23.4. The molecule has 0 unspecified atom stereocenters. The molecular weight excluding hydrogens is 238 g/mol. The Hall–Kier alpha value is -1.17. The first-order valence-corrected chi connectivity index (χ1v) is 6.14. The number of amides is 2. The van der Waals surface area contributed by atoms with Crippen LogP contribution in [0.15, 0.2) is 0 Å². The monoisotopic (exact) mass is 257 g/mol. The molecule has 2 amide bonds. The second-order valence-corrected chi connectivity index (χ2v) is 5.27. The maximum atomic E-state index is 11.8. The molecule has 1 aliphatic rings. The maximum Gasteiger partial charge on any atom is 0.239 e. The van der Waals surface area contributed by atoms with Crippen molar-refractivity contribution in [2.75, 3.05) is 13.1 Å². The second-order valence-electron chi connectivity index (χ2n) is 4.83. The fourth-order valence-electron chi connectivity index (χ4n) is 1.42. The van der Waals surface area contributed by atoms with Crippen molar-refractivity contribution in [3.05, 3.63) is 0 Å². The summed E-state index contributed by atoms with van der Waals surface area (Å²) >= 11 is 4.85. The van der Waals surface area contributed by atoms with Crippen LogP contribution < -0.4 is 16.4 Å². The molecule has 0 aromatic rings. The van der Waals surface area contributed by atoms with Crippen LogP contribution in [-0.2, 0) is 9.59 Å². The number of thiocarbonyl (C=S) groups is 1. The quantitative estimate of drug-likeness (QED) is 0.582. The highest BCUT2D eigenvalue weighted by atomic mass is 32.1. The van der Waals surface area contributed by atoms with Crippen molar-refractivity contribution in [1.82, 2.24) is 10.6 Å². The lowest BCUT2D eigenvalue weighted by Gasteiger charge is -2.13. The van der Waals surface area contributed by atoms with Crippen LogP contribution in [0.1, 0.15) is 26.7 Å². The van der Waals surface area contributed by atoms with Gasteiger partial charge in [0.05, 0.1) is 16.9 Å². The molecule has 0 radical (unpaired) electrons. The van der Waals surface area contributed by atoms with Crippen LogP contribution in [-0.4, -0.2) is 29.9 Å². The van der Waals surface area contributed by atoms with Gasteiger partial charge in [-0.05, 0) is 18.8 Å². The number of hydrogen-bond donors (Lipinski definition) is 3. The highest BCUT2D eigenvalue weighted by molar-refractivity contribution is 7.80. The summed E-state index contributed by atoms with van der Waals surface area (Å²) in [5.74, 6) is -0.0310. The van der Waals surface area contributed by atoms with Gasteiger partial charge in [-0.25, -0.2) is 0 Å². The average Bonchev–Trinajstić information content (AvgIpc) is 3.03. The summed E-state index contributed by atoms with van der Waals surface area (Å²) in [7, 11) is 0. The van der Waals surface area contributed by atoms with Gasteiger partial charge in [-0.1, -0.05) is 26.1 Å². The van der Waals surface area contributed by atoms with E-state index in [1.807, 2.05) is 13.8 Å². The number of carbonyl (C=O) groups is 2. The van der Waals surface area contributed by atoms with E-state index in [-0.39, 0.29) is 23.3 Å². The summed E-state index contributed by atoms with van der Waals surface area (Å²) in [6, 6.07) is 0. The van der Waals surface area contributed by atoms with E-state index in [4.69, 9.17) is 18.0 Å². The summed E-state index contributed by atoms with van der Waals surface area (Å²) in [5.41, 5.74) is 4.82. The Balaban J connectivity index is 2.29. The minimum absolute atomic E-state index is 0.0179. The SMILES string of the molecule is CC(C)CNC(=O)CNC(=O)C1(C(N)=S)CC1. The molecule has 0 saturated heterocycles. The van der Waals surface area contributed by atoms with Gasteiger partial charge in [0.25, 0.3) is 0 Å². The minimum atomic E-state index is -0.687. The van der Waals surface area contributed by atoms with Gasteiger partial charge in [-0.15, -0.1) is 0 Å². The lowest BCUT2D eigenvalue weighted by atomic mass is 10.1. The largest absolute Gasteiger partial charge is 0.392 e. The molecule has 1 rings (SSSR count). The molecule has 0 heterocycles. The molecule has 0 bridgehead atoms. The Kier molecular flexibility index (Phi) is 4.45. The van der Waals surface area contributed by atoms with Crippen molar-refractivity contribution in [2.45, 2.75) is 26.7 Å². The van der Waals surface area contributed by atoms with Gasteiger partial charge in [0.15, 0.2) is 0 Å². The summed E-state index contributed by atoms with van der Waals surface area (Å²) in [6.07, 6.45) is 1.36. The molecule has 0 aliphatic heterocycles. The maximum absolute atomic E-state index is 11.8. The van der Waals surface area contributed by atoms with E-state index >= 15 is 0 Å². The molecule has 1 saturated carbocycles. The van der Waals surface area contributed by atoms with Crippen LogP contribution in [0.25, 0.3) is 0 Å². The first kappa shape index (κ1) is 13.9. The molecule has 0 aromatic carbocycles. The highest BCUT2D eigenvalue weighted by Gasteiger charge is 2.52. The highest BCUT2D eigenvalue weighted by Crippen LogP contribution is 2.46. The third-order valence-electron chi connectivity index (χ3n) is 2.77. The van der Waals surface area contributed by atoms with Crippen LogP contribution in [0, 0.1) is 11.3 Å². The topological polar surface area (TPSA) is 84.2 Å². The average molecular weight is 257 g/mol. The molecule has 96 valence electrons. The normalized spacial score (nSPS) is 16.4. The Morgan fingerprint density at radius 3 is 2.35 bits per heavy atom. The van der Waals surface area contributed by atoms with Crippen LogP contribution in [0.4, 0.5) is 0 Å². The van der Waals surface area contributed by atoms with Crippen LogP contribution >= 0.6 is 12.2 Å². The van der Waals surface area contributed by atoms with Crippen molar-refractivity contribution in [3.63, 3.8) is 0 Å². The van der Waals surface area contributed by atoms with Crippen LogP contribution in [0.2, 0.25) is 0 Å². The Bertz CT molecular complexity index is 338. The van der Waals surface area contributed by atoms with E-state index in [1.165, 1.54) is 0 Å². The van der Waals surface area contributed by atoms with Crippen LogP contribution in [0.5, 0.6) is 0 Å². The number of rotatable bonds is 6. The molecule has 4 N–H and O–H groups in total. The zero-order valence-corrected chi connectivity index (χ0v) is 11.0. The van der Waals surface area contributed by atoms with Gasteiger partial charge < -0.3 is 16.4 Å². The van der Waals surface area contributed by atoms with E-state index in [2.05, 4.69) is 10.6 Å². The first-order chi connectivity index (χ1) is 7.88. The van der Waals surface area contributed by atoms with E-state index in [9.17, 15) is 9.59 Å². The molecule has 17 heavy (non-hydrogen) atoms. The Labute approximate surface area is 107 Å². The Morgan fingerprint density at radius 1 is 1.35 bits per heavy atom. The van der Waals surface area contributed by atoms with Gasteiger partial charge >= 0.3 is 0 Å². The number of hydrogen-bond acceptors (Lipinski definition) is 3. The van der Waals surface area contributed by atoms with Crippen molar-refractivity contribution >= 4 is 29.0 Å². The third-order valence-corrected chi connectivity index (χ3v) is 3.16. The summed E-state index contributed by atoms with van der Waals surface area (Å²) in [5, 5.41) is 5.29. The lowest BCUT2D eigenvalue weighted by Crippen LogP contribution is -2.44. The molecule has 0 atom stereocenters. The zero-order valence-electron chi connectivity index (χ0n) is 10.2. The fraction of sp³-hybridized carbons (Fsp3) is 0.727. The van der Waals surface area contributed by atoms with Crippen molar-refractivity contribution in [3.8, 4) is 0 Å². The predicted molar refractivity (Wildman–Crippen MR) is 69.3 cm³/mol. The molecule has 1 fully saturated rings.